The van der Waals surface area contributed by atoms with Crippen molar-refractivity contribution in [3.63, 3.8) is 0 Å². The highest BCUT2D eigenvalue weighted by Crippen LogP contribution is 2.30. The normalized spacial score (nSPS) is 13.0. The first-order chi connectivity index (χ1) is 12.5. The van der Waals surface area contributed by atoms with Crippen LogP contribution in [-0.4, -0.2) is 23.6 Å². The molecule has 0 amide bonds. The molecule has 0 fully saturated rings. The molecule has 0 spiro atoms. The van der Waals surface area contributed by atoms with Crippen LogP contribution in [0.4, 0.5) is 26.3 Å². The summed E-state index contributed by atoms with van der Waals surface area (Å²) in [5.74, 6) is -0.128. The summed E-state index contributed by atoms with van der Waals surface area (Å²) in [5, 5.41) is 3.87. The Hall–Kier alpha value is -3.31. The molecule has 4 heterocycles. The van der Waals surface area contributed by atoms with E-state index in [-0.39, 0.29) is 17.1 Å². The Morgan fingerprint density at radius 3 is 2.00 bits per heavy atom. The Labute approximate surface area is 144 Å². The van der Waals surface area contributed by atoms with Crippen LogP contribution in [-0.2, 0) is 12.4 Å². The maximum Gasteiger partial charge on any atom is 0.417 e. The lowest BCUT2D eigenvalue weighted by molar-refractivity contribution is -0.138. The number of hydrogen-bond acceptors (Lipinski definition) is 3. The van der Waals surface area contributed by atoms with Gasteiger partial charge in [-0.15, -0.1) is 5.10 Å². The average molecular weight is 387 g/mol. The minimum Gasteiger partial charge on any atom is -0.304 e. The van der Waals surface area contributed by atoms with Crippen LogP contribution in [0.25, 0.3) is 17.1 Å². The Bertz CT molecular complexity index is 1230. The van der Waals surface area contributed by atoms with Crippen molar-refractivity contribution in [3.8, 4) is 5.82 Å². The number of halogens is 6. The number of nitrogens with zero attached hydrogens (tertiary/aromatic N) is 5. The van der Waals surface area contributed by atoms with Gasteiger partial charge in [0.25, 0.3) is 0 Å². The Balaban J connectivity index is 1.87. The summed E-state index contributed by atoms with van der Waals surface area (Å²) < 4.78 is 79.2. The van der Waals surface area contributed by atoms with Gasteiger partial charge in [0.05, 0.1) is 17.3 Å². The lowest BCUT2D eigenvalue weighted by Crippen LogP contribution is -2.20. The SMILES string of the molecule is O=c1n(-c2cn3cc(C(F)(F)F)ccc3n2)nc2ccc(C(F)(F)F)cn12. The van der Waals surface area contributed by atoms with Crippen LogP contribution in [0.1, 0.15) is 11.1 Å². The van der Waals surface area contributed by atoms with E-state index >= 15 is 0 Å². The molecule has 0 radical (unpaired) electrons. The molecule has 0 atom stereocenters. The molecule has 0 aliphatic rings. The summed E-state index contributed by atoms with van der Waals surface area (Å²) in [6.07, 6.45) is -6.70. The van der Waals surface area contributed by atoms with Crippen molar-refractivity contribution in [1.29, 1.82) is 0 Å². The van der Waals surface area contributed by atoms with Crippen molar-refractivity contribution in [1.82, 2.24) is 23.6 Å². The van der Waals surface area contributed by atoms with Gasteiger partial charge >= 0.3 is 18.0 Å². The first-order valence-corrected chi connectivity index (χ1v) is 7.29. The lowest BCUT2D eigenvalue weighted by Gasteiger charge is -2.05. The molecule has 0 saturated heterocycles. The van der Waals surface area contributed by atoms with Crippen molar-refractivity contribution >= 4 is 11.3 Å². The average Bonchev–Trinajstić information content (AvgIpc) is 3.13. The first-order valence-electron chi connectivity index (χ1n) is 7.29. The molecule has 4 aromatic rings. The van der Waals surface area contributed by atoms with Crippen molar-refractivity contribution in [2.24, 2.45) is 0 Å². The zero-order chi connectivity index (χ0) is 19.6. The third-order valence-corrected chi connectivity index (χ3v) is 3.83. The second-order valence-corrected chi connectivity index (χ2v) is 5.62. The molecule has 4 rings (SSSR count). The summed E-state index contributed by atoms with van der Waals surface area (Å²) in [6.45, 7) is 0. The van der Waals surface area contributed by atoms with Crippen LogP contribution >= 0.6 is 0 Å². The van der Waals surface area contributed by atoms with E-state index in [0.717, 1.165) is 45.7 Å². The molecule has 0 unspecified atom stereocenters. The molecular formula is C15H7F6N5O. The molecule has 0 aromatic carbocycles. The molecule has 0 aliphatic heterocycles. The minimum absolute atomic E-state index is 0.0685. The number of rotatable bonds is 1. The van der Waals surface area contributed by atoms with Gasteiger partial charge in [-0.3, -0.25) is 0 Å². The quantitative estimate of drug-likeness (QED) is 0.472. The van der Waals surface area contributed by atoms with Crippen molar-refractivity contribution in [2.45, 2.75) is 12.4 Å². The van der Waals surface area contributed by atoms with Gasteiger partial charge in [-0.05, 0) is 24.3 Å². The number of pyridine rings is 2. The number of imidazole rings is 1. The van der Waals surface area contributed by atoms with Crippen LogP contribution in [0, 0.1) is 0 Å². The van der Waals surface area contributed by atoms with E-state index in [0.29, 0.717) is 10.6 Å². The highest BCUT2D eigenvalue weighted by Gasteiger charge is 2.32. The summed E-state index contributed by atoms with van der Waals surface area (Å²) >= 11 is 0. The first kappa shape index (κ1) is 17.1. The minimum atomic E-state index is -4.65. The maximum absolute atomic E-state index is 12.8. The van der Waals surface area contributed by atoms with Crippen LogP contribution in [0.15, 0.2) is 47.7 Å². The van der Waals surface area contributed by atoms with Gasteiger partial charge in [0.2, 0.25) is 0 Å². The van der Waals surface area contributed by atoms with E-state index in [2.05, 4.69) is 10.1 Å². The number of fused-ring (bicyclic) bond motifs is 2. The summed E-state index contributed by atoms with van der Waals surface area (Å²) in [7, 11) is 0. The van der Waals surface area contributed by atoms with Gasteiger partial charge in [-0.1, -0.05) is 0 Å². The van der Waals surface area contributed by atoms with Crippen LogP contribution in [0.2, 0.25) is 0 Å². The van der Waals surface area contributed by atoms with Gasteiger partial charge in [0.1, 0.15) is 5.65 Å². The predicted molar refractivity (Wildman–Crippen MR) is 79.5 cm³/mol. The summed E-state index contributed by atoms with van der Waals surface area (Å²) in [5.41, 5.74) is -2.85. The highest BCUT2D eigenvalue weighted by molar-refractivity contribution is 5.46. The fourth-order valence-corrected chi connectivity index (χ4v) is 2.54. The number of aromatic nitrogens is 5. The topological polar surface area (TPSA) is 56.6 Å². The van der Waals surface area contributed by atoms with E-state index in [4.69, 9.17) is 0 Å². The molecular weight excluding hydrogens is 380 g/mol. The molecule has 0 N–H and O–H groups in total. The van der Waals surface area contributed by atoms with Crippen molar-refractivity contribution in [3.05, 3.63) is 64.5 Å². The highest BCUT2D eigenvalue weighted by atomic mass is 19.4. The predicted octanol–water partition coefficient (Wildman–Crippen LogP) is 3.17. The van der Waals surface area contributed by atoms with E-state index in [1.54, 1.807) is 0 Å². The van der Waals surface area contributed by atoms with Crippen LogP contribution in [0.5, 0.6) is 0 Å². The molecule has 12 heteroatoms. The van der Waals surface area contributed by atoms with Crippen LogP contribution in [0.3, 0.4) is 0 Å². The Morgan fingerprint density at radius 2 is 1.37 bits per heavy atom. The molecule has 0 bridgehead atoms. The molecule has 0 saturated carbocycles. The van der Waals surface area contributed by atoms with Gasteiger partial charge in [-0.2, -0.15) is 31.0 Å². The second kappa shape index (κ2) is 5.34. The third kappa shape index (κ3) is 2.82. The third-order valence-electron chi connectivity index (χ3n) is 3.83. The molecule has 6 nitrogen and oxygen atoms in total. The fourth-order valence-electron chi connectivity index (χ4n) is 2.54. The molecule has 4 aromatic heterocycles. The summed E-state index contributed by atoms with van der Waals surface area (Å²) in [6, 6.07) is 3.72. The van der Waals surface area contributed by atoms with Crippen molar-refractivity contribution in [2.75, 3.05) is 0 Å². The van der Waals surface area contributed by atoms with Gasteiger partial charge in [0, 0.05) is 12.4 Å². The molecule has 0 aliphatic carbocycles. The zero-order valence-electron chi connectivity index (χ0n) is 13.0. The van der Waals surface area contributed by atoms with E-state index in [1.807, 2.05) is 0 Å². The number of alkyl halides is 6. The fraction of sp³-hybridized carbons (Fsp3) is 0.133. The molecule has 27 heavy (non-hydrogen) atoms. The Kier molecular flexibility index (Phi) is 3.39. The Morgan fingerprint density at radius 1 is 0.778 bits per heavy atom. The zero-order valence-corrected chi connectivity index (χ0v) is 13.0. The maximum atomic E-state index is 12.8. The standard InChI is InChI=1S/C15H7F6N5O/c16-14(17,18)8-1-3-10-22-12(7-24(10)5-8)26-13(27)25-6-9(15(19,20)21)2-4-11(25)23-26/h1-7H. The smallest absolute Gasteiger partial charge is 0.304 e. The van der Waals surface area contributed by atoms with Gasteiger partial charge in [0.15, 0.2) is 11.5 Å². The van der Waals surface area contributed by atoms with Crippen molar-refractivity contribution < 1.29 is 26.3 Å². The lowest BCUT2D eigenvalue weighted by atomic mass is 10.3. The largest absolute Gasteiger partial charge is 0.417 e. The van der Waals surface area contributed by atoms with Gasteiger partial charge in [-0.25, -0.2) is 14.2 Å². The number of hydrogen-bond donors (Lipinski definition) is 0. The van der Waals surface area contributed by atoms with E-state index in [1.165, 1.54) is 0 Å². The van der Waals surface area contributed by atoms with E-state index < -0.39 is 29.2 Å². The monoisotopic (exact) mass is 387 g/mol. The second-order valence-electron chi connectivity index (χ2n) is 5.62. The molecule has 140 valence electrons. The van der Waals surface area contributed by atoms with Crippen LogP contribution < -0.4 is 5.69 Å². The summed E-state index contributed by atoms with van der Waals surface area (Å²) in [4.78, 5) is 16.4. The van der Waals surface area contributed by atoms with E-state index in [9.17, 15) is 31.1 Å². The van der Waals surface area contributed by atoms with Gasteiger partial charge < -0.3 is 4.40 Å².